The second kappa shape index (κ2) is 8.52. The van der Waals surface area contributed by atoms with Gasteiger partial charge in [-0.25, -0.2) is 9.67 Å². The van der Waals surface area contributed by atoms with Crippen LogP contribution in [0.25, 0.3) is 0 Å². The molecule has 4 aliphatic rings. The van der Waals surface area contributed by atoms with E-state index >= 15 is 0 Å². The van der Waals surface area contributed by atoms with E-state index in [2.05, 4.69) is 31.5 Å². The van der Waals surface area contributed by atoms with E-state index in [-0.39, 0.29) is 11.8 Å². The molecule has 156 valence electrons. The minimum Gasteiger partial charge on any atom is -0.330 e. The molecule has 0 aromatic carbocycles. The predicted octanol–water partition coefficient (Wildman–Crippen LogP) is 1.79. The lowest BCUT2D eigenvalue weighted by Crippen LogP contribution is -3.20. The topological polar surface area (TPSA) is 77.1 Å². The number of fused-ring (bicyclic) bond motifs is 3. The first-order chi connectivity index (χ1) is 14.2. The molecule has 5 heterocycles. The van der Waals surface area contributed by atoms with Gasteiger partial charge in [-0.15, -0.1) is 16.4 Å². The third kappa shape index (κ3) is 4.38. The lowest BCUT2D eigenvalue weighted by Gasteiger charge is -2.46. The van der Waals surface area contributed by atoms with Crippen molar-refractivity contribution < 1.29 is 9.69 Å². The van der Waals surface area contributed by atoms with Crippen LogP contribution in [0.15, 0.2) is 17.8 Å². The van der Waals surface area contributed by atoms with Crippen LogP contribution in [0.1, 0.15) is 50.6 Å². The Morgan fingerprint density at radius 1 is 1.28 bits per heavy atom. The Hall–Kier alpha value is -1.80. The van der Waals surface area contributed by atoms with Crippen molar-refractivity contribution in [3.63, 3.8) is 0 Å². The first-order valence-corrected chi connectivity index (χ1v) is 12.1. The van der Waals surface area contributed by atoms with Gasteiger partial charge in [0.05, 0.1) is 31.2 Å². The molecule has 29 heavy (non-hydrogen) atoms. The highest BCUT2D eigenvalue weighted by Gasteiger charge is 2.46. The quantitative estimate of drug-likeness (QED) is 0.754. The standard InChI is InChI=1S/C21H30N6OS/c28-20(23-21-22-7-9-29-21)19-14-26-8-6-16(19)11-18(26)13-27-12-17(24-25-27)10-15-4-2-1-3-5-15/h7,9,12,15-16,18-19H,1-6,8,10-11,13-14H2,(H,22,23,28)/p+1/t16-,18+,19-/m0/s1. The van der Waals surface area contributed by atoms with Crippen molar-refractivity contribution in [1.82, 2.24) is 20.0 Å². The van der Waals surface area contributed by atoms with E-state index in [9.17, 15) is 4.79 Å². The van der Waals surface area contributed by atoms with E-state index in [1.165, 1.54) is 50.0 Å². The number of rotatable bonds is 6. The number of amides is 1. The number of aromatic nitrogens is 4. The summed E-state index contributed by atoms with van der Waals surface area (Å²) in [5.41, 5.74) is 1.16. The number of nitrogens with one attached hydrogen (secondary N) is 2. The third-order valence-corrected chi connectivity index (χ3v) is 7.96. The van der Waals surface area contributed by atoms with E-state index in [0.29, 0.717) is 17.1 Å². The molecule has 3 saturated heterocycles. The van der Waals surface area contributed by atoms with Crippen LogP contribution in [-0.2, 0) is 17.8 Å². The number of thiazole rings is 1. The average molecular weight is 416 g/mol. The van der Waals surface area contributed by atoms with E-state index in [1.807, 2.05) is 5.38 Å². The fraction of sp³-hybridized carbons (Fsp3) is 0.714. The number of carbonyl (C=O) groups is 1. The van der Waals surface area contributed by atoms with Gasteiger partial charge in [0.25, 0.3) is 0 Å². The highest BCUT2D eigenvalue weighted by atomic mass is 32.1. The fourth-order valence-electron chi connectivity index (χ4n) is 5.74. The number of piperidine rings is 3. The van der Waals surface area contributed by atoms with Gasteiger partial charge in [-0.05, 0) is 18.3 Å². The summed E-state index contributed by atoms with van der Waals surface area (Å²) < 4.78 is 2.06. The molecule has 1 aliphatic carbocycles. The van der Waals surface area contributed by atoms with Crippen molar-refractivity contribution in [3.05, 3.63) is 23.5 Å². The molecule has 1 unspecified atom stereocenters. The van der Waals surface area contributed by atoms with Gasteiger partial charge < -0.3 is 10.2 Å². The van der Waals surface area contributed by atoms with Gasteiger partial charge in [0, 0.05) is 30.6 Å². The Kier molecular flexibility index (Phi) is 5.63. The van der Waals surface area contributed by atoms with Crippen molar-refractivity contribution in [1.29, 1.82) is 0 Å². The van der Waals surface area contributed by atoms with Gasteiger partial charge in [0.1, 0.15) is 6.04 Å². The maximum atomic E-state index is 12.7. The summed E-state index contributed by atoms with van der Waals surface area (Å²) in [5.74, 6) is 1.53. The zero-order valence-corrected chi connectivity index (χ0v) is 17.7. The van der Waals surface area contributed by atoms with Crippen LogP contribution in [0.3, 0.4) is 0 Å². The average Bonchev–Trinajstić information content (AvgIpc) is 3.41. The van der Waals surface area contributed by atoms with E-state index in [0.717, 1.165) is 44.0 Å². The van der Waals surface area contributed by atoms with E-state index in [1.54, 1.807) is 11.1 Å². The molecule has 8 heteroatoms. The van der Waals surface area contributed by atoms with Gasteiger partial charge in [-0.3, -0.25) is 4.79 Å². The van der Waals surface area contributed by atoms with Gasteiger partial charge in [-0.2, -0.15) is 0 Å². The molecule has 2 aromatic heterocycles. The summed E-state index contributed by atoms with van der Waals surface area (Å²) in [7, 11) is 0. The van der Waals surface area contributed by atoms with Crippen LogP contribution in [0, 0.1) is 17.8 Å². The van der Waals surface area contributed by atoms with Crippen LogP contribution in [-0.4, -0.2) is 45.0 Å². The lowest BCUT2D eigenvalue weighted by molar-refractivity contribution is -0.945. The highest BCUT2D eigenvalue weighted by Crippen LogP contribution is 2.29. The van der Waals surface area contributed by atoms with E-state index < -0.39 is 0 Å². The van der Waals surface area contributed by atoms with Crippen molar-refractivity contribution >= 4 is 22.4 Å². The fourth-order valence-corrected chi connectivity index (χ4v) is 6.27. The SMILES string of the molecule is O=C(Nc1nccs1)[C@H]1C[NH+]2CC[C@H]1C[C@@H]2Cn1cc(CC2CCCCC2)nn1. The summed E-state index contributed by atoms with van der Waals surface area (Å²) in [5, 5.41) is 14.5. The molecular formula is C21H31N6OS+. The highest BCUT2D eigenvalue weighted by molar-refractivity contribution is 7.13. The molecule has 2 bridgehead atoms. The minimum absolute atomic E-state index is 0.108. The Morgan fingerprint density at radius 2 is 2.17 bits per heavy atom. The zero-order chi connectivity index (χ0) is 19.6. The van der Waals surface area contributed by atoms with Crippen molar-refractivity contribution in [3.8, 4) is 0 Å². The third-order valence-electron chi connectivity index (χ3n) is 7.27. The maximum Gasteiger partial charge on any atom is 0.235 e. The summed E-state index contributed by atoms with van der Waals surface area (Å²) in [6, 6.07) is 0.543. The molecule has 1 amide bonds. The minimum atomic E-state index is 0.108. The number of quaternary nitrogens is 1. The Morgan fingerprint density at radius 3 is 2.93 bits per heavy atom. The molecule has 4 fully saturated rings. The van der Waals surface area contributed by atoms with Gasteiger partial charge in [-0.1, -0.05) is 37.3 Å². The molecular weight excluding hydrogens is 384 g/mol. The Balaban J connectivity index is 1.16. The number of anilines is 1. The Labute approximate surface area is 175 Å². The predicted molar refractivity (Wildman–Crippen MR) is 112 cm³/mol. The van der Waals surface area contributed by atoms with Crippen LogP contribution in [0.5, 0.6) is 0 Å². The first kappa shape index (κ1) is 19.2. The molecule has 0 spiro atoms. The van der Waals surface area contributed by atoms with Crippen LogP contribution >= 0.6 is 11.3 Å². The molecule has 2 N–H and O–H groups in total. The molecule has 7 nitrogen and oxygen atoms in total. The maximum absolute atomic E-state index is 12.7. The molecule has 1 saturated carbocycles. The second-order valence-corrected chi connectivity index (χ2v) is 10.1. The summed E-state index contributed by atoms with van der Waals surface area (Å²) >= 11 is 1.48. The summed E-state index contributed by atoms with van der Waals surface area (Å²) in [6.07, 6.45) is 14.1. The first-order valence-electron chi connectivity index (χ1n) is 11.2. The Bertz CT molecular complexity index is 815. The summed E-state index contributed by atoms with van der Waals surface area (Å²) in [6.45, 7) is 3.01. The molecule has 0 radical (unpaired) electrons. The molecule has 2 aromatic rings. The largest absolute Gasteiger partial charge is 0.330 e. The van der Waals surface area contributed by atoms with Crippen molar-refractivity contribution in [2.45, 2.75) is 64.0 Å². The van der Waals surface area contributed by atoms with Crippen molar-refractivity contribution in [2.75, 3.05) is 18.4 Å². The molecule has 4 atom stereocenters. The van der Waals surface area contributed by atoms with Crippen LogP contribution in [0.2, 0.25) is 0 Å². The molecule has 3 aliphatic heterocycles. The van der Waals surface area contributed by atoms with Crippen LogP contribution < -0.4 is 10.2 Å². The van der Waals surface area contributed by atoms with Gasteiger partial charge in [0.2, 0.25) is 5.91 Å². The summed E-state index contributed by atoms with van der Waals surface area (Å²) in [4.78, 5) is 18.5. The number of carbonyl (C=O) groups excluding carboxylic acids is 1. The van der Waals surface area contributed by atoms with Crippen LogP contribution in [0.4, 0.5) is 5.13 Å². The van der Waals surface area contributed by atoms with E-state index in [4.69, 9.17) is 0 Å². The monoisotopic (exact) mass is 415 g/mol. The number of hydrogen-bond donors (Lipinski definition) is 2. The van der Waals surface area contributed by atoms with Gasteiger partial charge in [0.15, 0.2) is 5.13 Å². The second-order valence-electron chi connectivity index (χ2n) is 9.17. The van der Waals surface area contributed by atoms with Gasteiger partial charge >= 0.3 is 0 Å². The lowest BCUT2D eigenvalue weighted by atomic mass is 9.75. The smallest absolute Gasteiger partial charge is 0.235 e. The van der Waals surface area contributed by atoms with Crippen molar-refractivity contribution in [2.24, 2.45) is 17.8 Å². The molecule has 6 rings (SSSR count). The number of hydrogen-bond acceptors (Lipinski definition) is 5. The number of nitrogens with zero attached hydrogens (tertiary/aromatic N) is 4. The zero-order valence-electron chi connectivity index (χ0n) is 16.9. The normalized spacial score (nSPS) is 29.8.